The lowest BCUT2D eigenvalue weighted by molar-refractivity contribution is -0.151. The molecule has 92 valence electrons. The quantitative estimate of drug-likeness (QED) is 0.732. The molecule has 0 bridgehead atoms. The Morgan fingerprint density at radius 3 is 2.06 bits per heavy atom. The molecule has 0 atom stereocenters. The number of benzene rings is 1. The lowest BCUT2D eigenvalue weighted by atomic mass is 9.62. The van der Waals surface area contributed by atoms with Crippen LogP contribution in [0.5, 0.6) is 0 Å². The largest absolute Gasteiger partial charge is 0.468 e. The van der Waals surface area contributed by atoms with Crippen molar-refractivity contribution in [2.75, 3.05) is 7.11 Å². The Hall–Kier alpha value is -1.31. The summed E-state index contributed by atoms with van der Waals surface area (Å²) in [5.74, 6) is -0.0706. The molecule has 2 rings (SSSR count). The molecule has 17 heavy (non-hydrogen) atoms. The minimum Gasteiger partial charge on any atom is -0.468 e. The zero-order valence-corrected chi connectivity index (χ0v) is 11.1. The molecule has 0 unspecified atom stereocenters. The van der Waals surface area contributed by atoms with E-state index in [9.17, 15) is 4.79 Å². The molecule has 0 spiro atoms. The van der Waals surface area contributed by atoms with Crippen molar-refractivity contribution >= 4 is 5.97 Å². The summed E-state index contributed by atoms with van der Waals surface area (Å²) in [6.45, 7) is 6.28. The van der Waals surface area contributed by atoms with Gasteiger partial charge in [-0.1, -0.05) is 24.1 Å². The second kappa shape index (κ2) is 4.17. The topological polar surface area (TPSA) is 26.3 Å². The second-order valence-corrected chi connectivity index (χ2v) is 5.20. The van der Waals surface area contributed by atoms with Crippen LogP contribution in [-0.4, -0.2) is 13.1 Å². The Morgan fingerprint density at radius 1 is 1.18 bits per heavy atom. The van der Waals surface area contributed by atoms with Crippen LogP contribution in [0.2, 0.25) is 0 Å². The van der Waals surface area contributed by atoms with E-state index in [1.54, 1.807) is 0 Å². The monoisotopic (exact) mass is 232 g/mol. The third kappa shape index (κ3) is 1.76. The molecule has 1 fully saturated rings. The number of esters is 1. The highest BCUT2D eigenvalue weighted by Gasteiger charge is 2.48. The van der Waals surface area contributed by atoms with Crippen molar-refractivity contribution in [1.29, 1.82) is 0 Å². The third-order valence-electron chi connectivity index (χ3n) is 3.94. The van der Waals surface area contributed by atoms with Crippen LogP contribution in [0.25, 0.3) is 0 Å². The summed E-state index contributed by atoms with van der Waals surface area (Å²) in [5, 5.41) is 0. The normalized spacial score (nSPS) is 17.4. The standard InChI is InChI=1S/C15H20O2/c1-10-8-11(2)13(12(3)9-10)15(6-5-7-15)14(16)17-4/h8-9H,5-7H2,1-4H3. The first-order valence-corrected chi connectivity index (χ1v) is 6.18. The first kappa shape index (κ1) is 12.2. The van der Waals surface area contributed by atoms with E-state index in [4.69, 9.17) is 4.74 Å². The number of rotatable bonds is 2. The summed E-state index contributed by atoms with van der Waals surface area (Å²) in [5.41, 5.74) is 4.51. The van der Waals surface area contributed by atoms with Gasteiger partial charge in [-0.2, -0.15) is 0 Å². The molecule has 0 radical (unpaired) electrons. The summed E-state index contributed by atoms with van der Waals surface area (Å²) >= 11 is 0. The van der Waals surface area contributed by atoms with E-state index in [0.29, 0.717) is 0 Å². The number of hydrogen-bond acceptors (Lipinski definition) is 2. The van der Waals surface area contributed by atoms with Gasteiger partial charge in [0.1, 0.15) is 0 Å². The number of methoxy groups -OCH3 is 1. The van der Waals surface area contributed by atoms with Crippen molar-refractivity contribution in [3.05, 3.63) is 34.4 Å². The van der Waals surface area contributed by atoms with Crippen LogP contribution >= 0.6 is 0 Å². The van der Waals surface area contributed by atoms with Gasteiger partial charge in [0.25, 0.3) is 0 Å². The molecule has 0 aromatic heterocycles. The summed E-state index contributed by atoms with van der Waals surface area (Å²) < 4.78 is 5.01. The third-order valence-corrected chi connectivity index (χ3v) is 3.94. The molecular weight excluding hydrogens is 212 g/mol. The van der Waals surface area contributed by atoms with E-state index in [2.05, 4.69) is 32.9 Å². The van der Waals surface area contributed by atoms with Crippen molar-refractivity contribution < 1.29 is 9.53 Å². The summed E-state index contributed by atoms with van der Waals surface area (Å²) in [7, 11) is 1.49. The van der Waals surface area contributed by atoms with Gasteiger partial charge < -0.3 is 4.74 Å². The van der Waals surface area contributed by atoms with E-state index < -0.39 is 0 Å². The maximum atomic E-state index is 12.1. The number of hydrogen-bond donors (Lipinski definition) is 0. The zero-order chi connectivity index (χ0) is 12.6. The number of carbonyl (C=O) groups excluding carboxylic acids is 1. The first-order valence-electron chi connectivity index (χ1n) is 6.18. The Labute approximate surface area is 103 Å². The molecule has 2 nitrogen and oxygen atoms in total. The van der Waals surface area contributed by atoms with E-state index in [1.165, 1.54) is 29.4 Å². The Balaban J connectivity index is 2.55. The van der Waals surface area contributed by atoms with Crippen molar-refractivity contribution in [2.45, 2.75) is 45.4 Å². The molecule has 1 saturated carbocycles. The lowest BCUT2D eigenvalue weighted by Gasteiger charge is -2.41. The minimum atomic E-state index is -0.364. The van der Waals surface area contributed by atoms with Gasteiger partial charge in [0.2, 0.25) is 0 Å². The fourth-order valence-electron chi connectivity index (χ4n) is 3.22. The maximum absolute atomic E-state index is 12.1. The van der Waals surface area contributed by atoms with Crippen LogP contribution in [0.1, 0.15) is 41.5 Å². The van der Waals surface area contributed by atoms with E-state index in [1.807, 2.05) is 0 Å². The molecule has 0 amide bonds. The van der Waals surface area contributed by atoms with Crippen molar-refractivity contribution in [1.82, 2.24) is 0 Å². The van der Waals surface area contributed by atoms with Crippen molar-refractivity contribution in [3.63, 3.8) is 0 Å². The van der Waals surface area contributed by atoms with Gasteiger partial charge in [-0.25, -0.2) is 0 Å². The van der Waals surface area contributed by atoms with Gasteiger partial charge in [0, 0.05) is 0 Å². The van der Waals surface area contributed by atoms with Crippen LogP contribution in [0.4, 0.5) is 0 Å². The predicted octanol–water partition coefficient (Wildman–Crippen LogP) is 3.21. The fourth-order valence-corrected chi connectivity index (χ4v) is 3.22. The van der Waals surface area contributed by atoms with Gasteiger partial charge in [-0.15, -0.1) is 0 Å². The van der Waals surface area contributed by atoms with Gasteiger partial charge in [-0.3, -0.25) is 4.79 Å². The molecule has 1 aliphatic carbocycles. The molecule has 2 heteroatoms. The predicted molar refractivity (Wildman–Crippen MR) is 68.2 cm³/mol. The molecule has 0 heterocycles. The average Bonchev–Trinajstić information content (AvgIpc) is 2.19. The highest BCUT2D eigenvalue weighted by Crippen LogP contribution is 2.47. The molecule has 0 N–H and O–H groups in total. The van der Waals surface area contributed by atoms with Crippen LogP contribution < -0.4 is 0 Å². The van der Waals surface area contributed by atoms with E-state index >= 15 is 0 Å². The maximum Gasteiger partial charge on any atom is 0.316 e. The Kier molecular flexibility index (Phi) is 2.98. The number of aryl methyl sites for hydroxylation is 3. The summed E-state index contributed by atoms with van der Waals surface area (Å²) in [6.07, 6.45) is 2.96. The van der Waals surface area contributed by atoms with Gasteiger partial charge >= 0.3 is 5.97 Å². The highest BCUT2D eigenvalue weighted by molar-refractivity contribution is 5.85. The van der Waals surface area contributed by atoms with Crippen LogP contribution in [-0.2, 0) is 14.9 Å². The molecular formula is C15H20O2. The smallest absolute Gasteiger partial charge is 0.316 e. The molecule has 1 aliphatic rings. The van der Waals surface area contributed by atoms with Gasteiger partial charge in [0.05, 0.1) is 12.5 Å². The Bertz CT molecular complexity index is 433. The first-order chi connectivity index (χ1) is 8.01. The van der Waals surface area contributed by atoms with Crippen LogP contribution in [0.3, 0.4) is 0 Å². The molecule has 0 aliphatic heterocycles. The second-order valence-electron chi connectivity index (χ2n) is 5.20. The SMILES string of the molecule is COC(=O)C1(c2c(C)cc(C)cc2C)CCC1. The van der Waals surface area contributed by atoms with Crippen molar-refractivity contribution in [3.8, 4) is 0 Å². The van der Waals surface area contributed by atoms with E-state index in [0.717, 1.165) is 19.3 Å². The van der Waals surface area contributed by atoms with Crippen LogP contribution in [0.15, 0.2) is 12.1 Å². The van der Waals surface area contributed by atoms with Crippen LogP contribution in [0, 0.1) is 20.8 Å². The molecule has 0 saturated heterocycles. The fraction of sp³-hybridized carbons (Fsp3) is 0.533. The highest BCUT2D eigenvalue weighted by atomic mass is 16.5. The zero-order valence-electron chi connectivity index (χ0n) is 11.1. The summed E-state index contributed by atoms with van der Waals surface area (Å²) in [4.78, 5) is 12.1. The Morgan fingerprint density at radius 2 is 1.71 bits per heavy atom. The van der Waals surface area contributed by atoms with E-state index in [-0.39, 0.29) is 11.4 Å². The molecule has 1 aromatic rings. The van der Waals surface area contributed by atoms with Crippen molar-refractivity contribution in [2.24, 2.45) is 0 Å². The number of carbonyl (C=O) groups is 1. The van der Waals surface area contributed by atoms with Gasteiger partial charge in [-0.05, 0) is 50.3 Å². The average molecular weight is 232 g/mol. The molecule has 1 aromatic carbocycles. The number of ether oxygens (including phenoxy) is 1. The minimum absolute atomic E-state index is 0.0706. The lowest BCUT2D eigenvalue weighted by Crippen LogP contribution is -2.44. The van der Waals surface area contributed by atoms with Gasteiger partial charge in [0.15, 0.2) is 0 Å². The summed E-state index contributed by atoms with van der Waals surface area (Å²) in [6, 6.07) is 4.32.